The van der Waals surface area contributed by atoms with E-state index in [-0.39, 0.29) is 34.0 Å². The number of halogens is 1. The Balaban J connectivity index is 1.43. The Bertz CT molecular complexity index is 1650. The molecular weight excluding hydrogens is 586 g/mol. The molecule has 1 amide bonds. The molecule has 3 aromatic rings. The van der Waals surface area contributed by atoms with Gasteiger partial charge in [-0.2, -0.15) is 5.26 Å². The highest BCUT2D eigenvalue weighted by Crippen LogP contribution is 2.47. The van der Waals surface area contributed by atoms with E-state index in [0.29, 0.717) is 56.8 Å². The van der Waals surface area contributed by atoms with Gasteiger partial charge in [0.05, 0.1) is 41.7 Å². The Hall–Kier alpha value is -4.25. The summed E-state index contributed by atoms with van der Waals surface area (Å²) in [6, 6.07) is 12.1. The molecule has 0 radical (unpaired) electrons. The van der Waals surface area contributed by atoms with Crippen LogP contribution in [0.25, 0.3) is 0 Å². The summed E-state index contributed by atoms with van der Waals surface area (Å²) >= 11 is 8.38. The molecule has 0 bridgehead atoms. The van der Waals surface area contributed by atoms with Crippen molar-refractivity contribution >= 4 is 63.2 Å². The van der Waals surface area contributed by atoms with Crippen LogP contribution in [0.5, 0.6) is 0 Å². The number of Topliss-reactive ketones (excluding diaryl/α,β-unsaturated/α-hetero) is 1. The molecule has 0 saturated heterocycles. The van der Waals surface area contributed by atoms with E-state index in [4.69, 9.17) is 22.1 Å². The van der Waals surface area contributed by atoms with Gasteiger partial charge in [-0.25, -0.2) is 9.78 Å². The maximum absolute atomic E-state index is 13.3. The van der Waals surface area contributed by atoms with Gasteiger partial charge in [-0.1, -0.05) is 46.8 Å². The maximum Gasteiger partial charge on any atom is 0.337 e. The SMILES string of the molecule is COC(=O)c1ccc(C2C(C#N)=C(N)N(c3nnc(SCC(=O)Nc4cccnc4Cl)s3)C3=C2C(=O)CCC3)cc1. The fourth-order valence-corrected chi connectivity index (χ4v) is 6.56. The van der Waals surface area contributed by atoms with Crippen molar-refractivity contribution in [3.05, 3.63) is 81.5 Å². The number of anilines is 2. The first kappa shape index (κ1) is 28.3. The highest BCUT2D eigenvalue weighted by Gasteiger charge is 2.41. The molecular formula is C27H22ClN7O4S2. The number of hydrogen-bond acceptors (Lipinski definition) is 12. The van der Waals surface area contributed by atoms with Crippen molar-refractivity contribution < 1.29 is 19.1 Å². The molecule has 0 saturated carbocycles. The number of ether oxygens (including phenoxy) is 1. The Morgan fingerprint density at radius 1 is 1.27 bits per heavy atom. The number of thioether (sulfide) groups is 1. The fourth-order valence-electron chi connectivity index (χ4n) is 4.71. The van der Waals surface area contributed by atoms with E-state index in [0.717, 1.165) is 0 Å². The van der Waals surface area contributed by atoms with Gasteiger partial charge < -0.3 is 15.8 Å². The van der Waals surface area contributed by atoms with E-state index in [1.54, 1.807) is 41.3 Å². The third kappa shape index (κ3) is 5.67. The number of nitrogens with two attached hydrogens (primary N) is 1. The molecule has 2 aliphatic rings. The zero-order valence-electron chi connectivity index (χ0n) is 21.6. The number of aromatic nitrogens is 3. The molecule has 1 aliphatic carbocycles. The van der Waals surface area contributed by atoms with Crippen LogP contribution in [0.15, 0.2) is 69.6 Å². The third-order valence-corrected chi connectivity index (χ3v) is 8.87. The molecule has 0 spiro atoms. The van der Waals surface area contributed by atoms with Crippen LogP contribution < -0.4 is 16.0 Å². The van der Waals surface area contributed by atoms with Crippen molar-refractivity contribution in [2.45, 2.75) is 29.5 Å². The number of pyridine rings is 1. The topological polar surface area (TPSA) is 164 Å². The summed E-state index contributed by atoms with van der Waals surface area (Å²) in [5.41, 5.74) is 9.34. The number of methoxy groups -OCH3 is 1. The predicted molar refractivity (Wildman–Crippen MR) is 154 cm³/mol. The molecule has 11 nitrogen and oxygen atoms in total. The number of rotatable bonds is 7. The van der Waals surface area contributed by atoms with E-state index < -0.39 is 11.9 Å². The second-order valence-corrected chi connectivity index (χ2v) is 11.5. The quantitative estimate of drug-likeness (QED) is 0.222. The summed E-state index contributed by atoms with van der Waals surface area (Å²) < 4.78 is 5.28. The van der Waals surface area contributed by atoms with Crippen molar-refractivity contribution in [3.63, 3.8) is 0 Å². The summed E-state index contributed by atoms with van der Waals surface area (Å²) in [7, 11) is 1.30. The average Bonchev–Trinajstić information content (AvgIpc) is 3.45. The minimum Gasteiger partial charge on any atom is -0.465 e. The van der Waals surface area contributed by atoms with Crippen LogP contribution in [0, 0.1) is 11.3 Å². The van der Waals surface area contributed by atoms with E-state index in [9.17, 15) is 19.6 Å². The van der Waals surface area contributed by atoms with Gasteiger partial charge in [0.25, 0.3) is 0 Å². The van der Waals surface area contributed by atoms with Crippen LogP contribution in [0.4, 0.5) is 10.8 Å². The molecule has 5 rings (SSSR count). The summed E-state index contributed by atoms with van der Waals surface area (Å²) in [5, 5.41) is 21.9. The smallest absolute Gasteiger partial charge is 0.337 e. The molecule has 14 heteroatoms. The van der Waals surface area contributed by atoms with Crippen molar-refractivity contribution in [1.29, 1.82) is 5.26 Å². The van der Waals surface area contributed by atoms with Crippen LogP contribution in [-0.4, -0.2) is 45.7 Å². The highest BCUT2D eigenvalue weighted by atomic mass is 35.5. The van der Waals surface area contributed by atoms with Crippen LogP contribution >= 0.6 is 34.7 Å². The van der Waals surface area contributed by atoms with Crippen molar-refractivity contribution in [1.82, 2.24) is 15.2 Å². The number of carbonyl (C=O) groups is 3. The van der Waals surface area contributed by atoms with E-state index in [1.165, 1.54) is 36.4 Å². The van der Waals surface area contributed by atoms with Crippen LogP contribution in [0.3, 0.4) is 0 Å². The number of nitriles is 1. The van der Waals surface area contributed by atoms with Crippen LogP contribution in [0.2, 0.25) is 5.15 Å². The molecule has 41 heavy (non-hydrogen) atoms. The average molecular weight is 608 g/mol. The van der Waals surface area contributed by atoms with E-state index in [2.05, 4.69) is 26.6 Å². The summed E-state index contributed by atoms with van der Waals surface area (Å²) in [5.74, 6) is -1.35. The summed E-state index contributed by atoms with van der Waals surface area (Å²) in [6.07, 6.45) is 3.04. The van der Waals surface area contributed by atoms with Gasteiger partial charge in [0.1, 0.15) is 5.82 Å². The molecule has 3 heterocycles. The van der Waals surface area contributed by atoms with Crippen molar-refractivity contribution in [3.8, 4) is 6.07 Å². The number of benzene rings is 1. The Morgan fingerprint density at radius 3 is 2.76 bits per heavy atom. The predicted octanol–water partition coefficient (Wildman–Crippen LogP) is 4.41. The number of allylic oxidation sites excluding steroid dienone is 3. The number of hydrogen-bond donors (Lipinski definition) is 2. The van der Waals surface area contributed by atoms with Crippen molar-refractivity contribution in [2.24, 2.45) is 5.73 Å². The number of nitrogens with one attached hydrogen (secondary N) is 1. The molecule has 3 N–H and O–H groups in total. The minimum atomic E-state index is -0.685. The second kappa shape index (κ2) is 12.1. The lowest BCUT2D eigenvalue weighted by molar-refractivity contribution is -0.116. The first-order valence-corrected chi connectivity index (χ1v) is 14.5. The number of esters is 1. The Labute approximate surface area is 248 Å². The fraction of sp³-hybridized carbons (Fsp3) is 0.222. The zero-order valence-corrected chi connectivity index (χ0v) is 24.0. The largest absolute Gasteiger partial charge is 0.465 e. The highest BCUT2D eigenvalue weighted by molar-refractivity contribution is 8.01. The summed E-state index contributed by atoms with van der Waals surface area (Å²) in [6.45, 7) is 0. The molecule has 0 fully saturated rings. The lowest BCUT2D eigenvalue weighted by Crippen LogP contribution is -2.38. The Morgan fingerprint density at radius 2 is 2.05 bits per heavy atom. The molecule has 2 aromatic heterocycles. The maximum atomic E-state index is 13.3. The van der Waals surface area contributed by atoms with Crippen LogP contribution in [0.1, 0.15) is 41.1 Å². The van der Waals surface area contributed by atoms with Gasteiger partial charge in [0, 0.05) is 23.9 Å². The number of amides is 1. The van der Waals surface area contributed by atoms with E-state index in [1.807, 2.05) is 0 Å². The Kier molecular flexibility index (Phi) is 8.34. The first-order valence-electron chi connectivity index (χ1n) is 12.3. The third-order valence-electron chi connectivity index (χ3n) is 6.53. The monoisotopic (exact) mass is 607 g/mol. The lowest BCUT2D eigenvalue weighted by Gasteiger charge is -2.38. The number of carbonyl (C=O) groups excluding carboxylic acids is 3. The molecule has 1 aromatic carbocycles. The van der Waals surface area contributed by atoms with Crippen LogP contribution in [-0.2, 0) is 14.3 Å². The first-order chi connectivity index (χ1) is 19.8. The molecule has 1 atom stereocenters. The van der Waals surface area contributed by atoms with Gasteiger partial charge in [0.2, 0.25) is 11.0 Å². The van der Waals surface area contributed by atoms with E-state index >= 15 is 0 Å². The lowest BCUT2D eigenvalue weighted by atomic mass is 9.75. The molecule has 1 unspecified atom stereocenters. The van der Waals surface area contributed by atoms with Gasteiger partial charge in [-0.3, -0.25) is 14.5 Å². The summed E-state index contributed by atoms with van der Waals surface area (Å²) in [4.78, 5) is 43.2. The second-order valence-electron chi connectivity index (χ2n) is 8.96. The number of ketones is 1. The minimum absolute atomic E-state index is 0.0463. The zero-order chi connectivity index (χ0) is 29.1. The standard InChI is InChI=1S/C27H22ClN7O4S2/c1-39-25(38)15-9-7-14(8-10-15)21-16(12-29)24(30)35(18-5-2-6-19(36)22(18)21)26-33-34-27(41-26)40-13-20(37)32-17-4-3-11-31-23(17)28/h3-4,7-11,21H,2,5-6,13,30H2,1H3,(H,32,37). The number of nitrogens with zero attached hydrogens (tertiary/aromatic N) is 5. The molecule has 1 aliphatic heterocycles. The van der Waals surface area contributed by atoms with Gasteiger partial charge in [-0.05, 0) is 42.7 Å². The van der Waals surface area contributed by atoms with Gasteiger partial charge in [0.15, 0.2) is 15.3 Å². The van der Waals surface area contributed by atoms with Gasteiger partial charge in [-0.15, -0.1) is 10.2 Å². The van der Waals surface area contributed by atoms with Crippen molar-refractivity contribution in [2.75, 3.05) is 23.1 Å². The van der Waals surface area contributed by atoms with Gasteiger partial charge >= 0.3 is 5.97 Å². The molecule has 208 valence electrons. The normalized spacial score (nSPS) is 16.8.